The van der Waals surface area contributed by atoms with Gasteiger partial charge in [0.15, 0.2) is 0 Å². The highest BCUT2D eigenvalue weighted by atomic mass is 35.5. The molecule has 92 valence electrons. The number of benzene rings is 1. The van der Waals surface area contributed by atoms with Crippen molar-refractivity contribution in [2.45, 2.75) is 19.8 Å². The molecule has 1 aromatic rings. The van der Waals surface area contributed by atoms with Crippen LogP contribution in [0.25, 0.3) is 0 Å². The van der Waals surface area contributed by atoms with Gasteiger partial charge in [-0.2, -0.15) is 0 Å². The third kappa shape index (κ3) is 2.39. The van der Waals surface area contributed by atoms with Crippen molar-refractivity contribution in [3.63, 3.8) is 0 Å². The molecule has 0 radical (unpaired) electrons. The van der Waals surface area contributed by atoms with Crippen LogP contribution in [0.3, 0.4) is 0 Å². The van der Waals surface area contributed by atoms with Crippen LogP contribution in [0.4, 0.5) is 5.69 Å². The predicted octanol–water partition coefficient (Wildman–Crippen LogP) is 2.98. The highest BCUT2D eigenvalue weighted by Gasteiger charge is 2.33. The Hall–Kier alpha value is -1.22. The maximum absolute atomic E-state index is 11.2. The summed E-state index contributed by atoms with van der Waals surface area (Å²) in [6, 6.07) is 5.51. The van der Waals surface area contributed by atoms with Crippen LogP contribution in [-0.4, -0.2) is 24.2 Å². The highest BCUT2D eigenvalue weighted by molar-refractivity contribution is 6.30. The molecule has 0 fully saturated rings. The van der Waals surface area contributed by atoms with Gasteiger partial charge in [-0.3, -0.25) is 4.79 Å². The Balaban J connectivity index is 2.37. The Kier molecular flexibility index (Phi) is 3.29. The number of hydrogen-bond acceptors (Lipinski definition) is 2. The molecule has 1 heterocycles. The molecule has 4 heteroatoms. The van der Waals surface area contributed by atoms with E-state index >= 15 is 0 Å². The number of carboxylic acid groups (broad SMARTS) is 1. The van der Waals surface area contributed by atoms with E-state index < -0.39 is 11.9 Å². The number of rotatable bonds is 3. The van der Waals surface area contributed by atoms with E-state index in [1.165, 1.54) is 0 Å². The van der Waals surface area contributed by atoms with Gasteiger partial charge in [-0.15, -0.1) is 0 Å². The summed E-state index contributed by atoms with van der Waals surface area (Å²) >= 11 is 5.94. The zero-order valence-corrected chi connectivity index (χ0v) is 10.7. The number of nitrogens with zero attached hydrogens (tertiary/aromatic N) is 1. The van der Waals surface area contributed by atoms with Gasteiger partial charge in [0.2, 0.25) is 0 Å². The zero-order chi connectivity index (χ0) is 12.6. The lowest BCUT2D eigenvalue weighted by Crippen LogP contribution is -2.28. The number of halogens is 1. The molecule has 17 heavy (non-hydrogen) atoms. The maximum Gasteiger partial charge on any atom is 0.312 e. The minimum absolute atomic E-state index is 0.456. The van der Waals surface area contributed by atoms with Crippen LogP contribution in [0.2, 0.25) is 5.02 Å². The molecule has 1 unspecified atom stereocenters. The molecule has 1 N–H and O–H groups in total. The first-order valence-corrected chi connectivity index (χ1v) is 6.14. The van der Waals surface area contributed by atoms with Crippen molar-refractivity contribution in [1.29, 1.82) is 0 Å². The summed E-state index contributed by atoms with van der Waals surface area (Å²) in [7, 11) is 0. The predicted molar refractivity (Wildman–Crippen MR) is 68.9 cm³/mol. The fourth-order valence-electron chi connectivity index (χ4n) is 2.33. The van der Waals surface area contributed by atoms with Crippen LogP contribution in [0.5, 0.6) is 0 Å². The van der Waals surface area contributed by atoms with Crippen molar-refractivity contribution in [3.8, 4) is 0 Å². The highest BCUT2D eigenvalue weighted by Crippen LogP contribution is 2.38. The molecule has 0 saturated heterocycles. The van der Waals surface area contributed by atoms with Gasteiger partial charge < -0.3 is 10.0 Å². The molecule has 1 atom stereocenters. The lowest BCUT2D eigenvalue weighted by Gasteiger charge is -2.21. The third-order valence-corrected chi connectivity index (χ3v) is 3.23. The van der Waals surface area contributed by atoms with Crippen molar-refractivity contribution < 1.29 is 9.90 Å². The normalized spacial score (nSPS) is 18.6. The minimum Gasteiger partial charge on any atom is -0.481 e. The summed E-state index contributed by atoms with van der Waals surface area (Å²) in [6.07, 6.45) is 0. The van der Waals surface area contributed by atoms with Gasteiger partial charge >= 0.3 is 5.97 Å². The molecular weight excluding hydrogens is 238 g/mol. The standard InChI is InChI=1S/C13H16ClNO2/c1-8(2)6-15-7-11(13(16)17)10-5-9(14)3-4-12(10)15/h3-5,8,11H,6-7H2,1-2H3,(H,16,17). The summed E-state index contributed by atoms with van der Waals surface area (Å²) < 4.78 is 0. The quantitative estimate of drug-likeness (QED) is 0.900. The smallest absolute Gasteiger partial charge is 0.312 e. The van der Waals surface area contributed by atoms with E-state index in [1.807, 2.05) is 12.1 Å². The van der Waals surface area contributed by atoms with Gasteiger partial charge in [-0.05, 0) is 29.7 Å². The van der Waals surface area contributed by atoms with Crippen LogP contribution in [0.1, 0.15) is 25.3 Å². The van der Waals surface area contributed by atoms with Crippen LogP contribution in [-0.2, 0) is 4.79 Å². The Morgan fingerprint density at radius 1 is 1.59 bits per heavy atom. The fraction of sp³-hybridized carbons (Fsp3) is 0.462. The fourth-order valence-corrected chi connectivity index (χ4v) is 2.51. The largest absolute Gasteiger partial charge is 0.481 e. The topological polar surface area (TPSA) is 40.5 Å². The van der Waals surface area contributed by atoms with Gasteiger partial charge in [0.05, 0.1) is 0 Å². The molecule has 0 amide bonds. The molecule has 0 saturated carbocycles. The molecular formula is C13H16ClNO2. The Bertz CT molecular complexity index is 445. The second-order valence-electron chi connectivity index (χ2n) is 4.89. The van der Waals surface area contributed by atoms with Gasteiger partial charge in [0.1, 0.15) is 5.92 Å². The van der Waals surface area contributed by atoms with Crippen LogP contribution in [0.15, 0.2) is 18.2 Å². The first-order chi connectivity index (χ1) is 7.99. The summed E-state index contributed by atoms with van der Waals surface area (Å²) in [4.78, 5) is 13.4. The number of hydrogen-bond donors (Lipinski definition) is 1. The van der Waals surface area contributed by atoms with Crippen molar-refractivity contribution in [2.24, 2.45) is 5.92 Å². The van der Waals surface area contributed by atoms with Gasteiger partial charge in [0.25, 0.3) is 0 Å². The average Bonchev–Trinajstić information content (AvgIpc) is 2.55. The number of aliphatic carboxylic acids is 1. The van der Waals surface area contributed by atoms with E-state index in [-0.39, 0.29) is 0 Å². The molecule has 0 aliphatic carbocycles. The Morgan fingerprint density at radius 2 is 2.29 bits per heavy atom. The maximum atomic E-state index is 11.2. The molecule has 0 spiro atoms. The van der Waals surface area contributed by atoms with Crippen molar-refractivity contribution in [2.75, 3.05) is 18.0 Å². The second-order valence-corrected chi connectivity index (χ2v) is 5.33. The minimum atomic E-state index is -0.778. The second kappa shape index (κ2) is 4.57. The van der Waals surface area contributed by atoms with Gasteiger partial charge in [-0.1, -0.05) is 25.4 Å². The molecule has 1 aliphatic heterocycles. The first kappa shape index (κ1) is 12.2. The zero-order valence-electron chi connectivity index (χ0n) is 9.98. The molecule has 1 aliphatic rings. The molecule has 0 aromatic heterocycles. The number of anilines is 1. The van der Waals surface area contributed by atoms with E-state index in [4.69, 9.17) is 11.6 Å². The van der Waals surface area contributed by atoms with E-state index in [0.29, 0.717) is 17.5 Å². The first-order valence-electron chi connectivity index (χ1n) is 5.76. The Morgan fingerprint density at radius 3 is 2.88 bits per heavy atom. The Labute approximate surface area is 106 Å². The number of fused-ring (bicyclic) bond motifs is 1. The van der Waals surface area contributed by atoms with Gasteiger partial charge in [-0.25, -0.2) is 0 Å². The molecule has 3 nitrogen and oxygen atoms in total. The van der Waals surface area contributed by atoms with Crippen molar-refractivity contribution in [3.05, 3.63) is 28.8 Å². The SMILES string of the molecule is CC(C)CN1CC(C(=O)O)c2cc(Cl)ccc21. The molecule has 2 rings (SSSR count). The lowest BCUT2D eigenvalue weighted by atomic mass is 10.0. The lowest BCUT2D eigenvalue weighted by molar-refractivity contribution is -0.138. The molecule has 1 aromatic carbocycles. The van der Waals surface area contributed by atoms with Crippen molar-refractivity contribution >= 4 is 23.3 Å². The third-order valence-electron chi connectivity index (χ3n) is 2.99. The van der Waals surface area contributed by atoms with Crippen molar-refractivity contribution in [1.82, 2.24) is 0 Å². The summed E-state index contributed by atoms with van der Waals surface area (Å²) in [5.41, 5.74) is 1.85. The van der Waals surface area contributed by atoms with E-state index in [9.17, 15) is 9.90 Å². The van der Waals surface area contributed by atoms with Crippen LogP contribution in [0, 0.1) is 5.92 Å². The molecule has 0 bridgehead atoms. The van der Waals surface area contributed by atoms with Gasteiger partial charge in [0, 0.05) is 23.8 Å². The summed E-state index contributed by atoms with van der Waals surface area (Å²) in [6.45, 7) is 5.68. The monoisotopic (exact) mass is 253 g/mol. The summed E-state index contributed by atoms with van der Waals surface area (Å²) in [5.74, 6) is -0.728. The van der Waals surface area contributed by atoms with E-state index in [1.54, 1.807) is 6.07 Å². The van der Waals surface area contributed by atoms with Crippen LogP contribution >= 0.6 is 11.6 Å². The van der Waals surface area contributed by atoms with E-state index in [2.05, 4.69) is 18.7 Å². The number of carboxylic acids is 1. The summed E-state index contributed by atoms with van der Waals surface area (Å²) in [5, 5.41) is 9.83. The van der Waals surface area contributed by atoms with Crippen LogP contribution < -0.4 is 4.90 Å². The van der Waals surface area contributed by atoms with E-state index in [0.717, 1.165) is 17.8 Å². The average molecular weight is 254 g/mol. The number of carbonyl (C=O) groups is 1.